The van der Waals surface area contributed by atoms with Crippen LogP contribution in [0.2, 0.25) is 5.02 Å². The first-order valence-corrected chi connectivity index (χ1v) is 6.08. The summed E-state index contributed by atoms with van der Waals surface area (Å²) in [6.45, 7) is 2.52. The van der Waals surface area contributed by atoms with Crippen molar-refractivity contribution < 1.29 is 4.74 Å². The summed E-state index contributed by atoms with van der Waals surface area (Å²) < 4.78 is 7.31. The monoisotopic (exact) mass is 265 g/mol. The molecule has 0 aliphatic carbocycles. The van der Waals surface area contributed by atoms with Gasteiger partial charge < -0.3 is 15.0 Å². The van der Waals surface area contributed by atoms with E-state index in [4.69, 9.17) is 22.1 Å². The summed E-state index contributed by atoms with van der Waals surface area (Å²) in [6.07, 6.45) is 3.52. The minimum absolute atomic E-state index is 0.0685. The van der Waals surface area contributed by atoms with Crippen molar-refractivity contribution >= 4 is 11.6 Å². The molecule has 1 atom stereocenters. The molecular formula is C13H16ClN3O. The molecule has 0 saturated carbocycles. The molecule has 18 heavy (non-hydrogen) atoms. The number of ether oxygens (including phenoxy) is 1. The third-order valence-electron chi connectivity index (χ3n) is 2.84. The minimum atomic E-state index is -0.0685. The molecule has 5 heteroatoms. The summed E-state index contributed by atoms with van der Waals surface area (Å²) in [5.74, 6) is 0.770. The van der Waals surface area contributed by atoms with Crippen LogP contribution in [-0.2, 0) is 6.54 Å². The first-order valence-electron chi connectivity index (χ1n) is 5.70. The molecule has 0 fully saturated rings. The summed E-state index contributed by atoms with van der Waals surface area (Å²) in [7, 11) is 1.63. The van der Waals surface area contributed by atoms with Crippen LogP contribution in [0.3, 0.4) is 0 Å². The Morgan fingerprint density at radius 1 is 1.50 bits per heavy atom. The van der Waals surface area contributed by atoms with Gasteiger partial charge in [-0.1, -0.05) is 17.7 Å². The van der Waals surface area contributed by atoms with Crippen molar-refractivity contribution in [1.82, 2.24) is 9.55 Å². The Morgan fingerprint density at radius 2 is 2.28 bits per heavy atom. The van der Waals surface area contributed by atoms with Gasteiger partial charge in [0.2, 0.25) is 0 Å². The standard InChI is InChI=1S/C13H16ClN3O/c1-9(15)12-6-16-8-17(12)7-10-11(14)4-3-5-13(10)18-2/h3-6,8-9H,7,15H2,1-2H3/t9-/m1/s1. The second kappa shape index (κ2) is 5.42. The molecule has 0 saturated heterocycles. The van der Waals surface area contributed by atoms with E-state index in [-0.39, 0.29) is 6.04 Å². The Balaban J connectivity index is 2.37. The Morgan fingerprint density at radius 3 is 2.94 bits per heavy atom. The average molecular weight is 266 g/mol. The fraction of sp³-hybridized carbons (Fsp3) is 0.308. The summed E-state index contributed by atoms with van der Waals surface area (Å²) >= 11 is 6.21. The van der Waals surface area contributed by atoms with Crippen LogP contribution < -0.4 is 10.5 Å². The first-order chi connectivity index (χ1) is 8.63. The van der Waals surface area contributed by atoms with Crippen molar-refractivity contribution in [2.75, 3.05) is 7.11 Å². The van der Waals surface area contributed by atoms with Gasteiger partial charge in [-0.3, -0.25) is 0 Å². The third-order valence-corrected chi connectivity index (χ3v) is 3.19. The topological polar surface area (TPSA) is 53.1 Å². The Hall–Kier alpha value is -1.52. The number of hydrogen-bond donors (Lipinski definition) is 1. The van der Waals surface area contributed by atoms with Gasteiger partial charge in [-0.2, -0.15) is 0 Å². The van der Waals surface area contributed by atoms with Crippen molar-refractivity contribution in [3.8, 4) is 5.75 Å². The van der Waals surface area contributed by atoms with E-state index >= 15 is 0 Å². The fourth-order valence-electron chi connectivity index (χ4n) is 1.90. The molecule has 0 amide bonds. The normalized spacial score (nSPS) is 12.4. The highest BCUT2D eigenvalue weighted by Gasteiger charge is 2.12. The van der Waals surface area contributed by atoms with E-state index in [9.17, 15) is 0 Å². The number of rotatable bonds is 4. The van der Waals surface area contributed by atoms with Crippen molar-refractivity contribution in [2.24, 2.45) is 5.73 Å². The molecule has 0 radical (unpaired) electrons. The third kappa shape index (κ3) is 2.49. The number of halogens is 1. The van der Waals surface area contributed by atoms with Crippen molar-refractivity contribution in [2.45, 2.75) is 19.5 Å². The highest BCUT2D eigenvalue weighted by molar-refractivity contribution is 6.31. The predicted octanol–water partition coefficient (Wildman–Crippen LogP) is 2.61. The van der Waals surface area contributed by atoms with Gasteiger partial charge in [-0.15, -0.1) is 0 Å². The van der Waals surface area contributed by atoms with E-state index in [1.165, 1.54) is 0 Å². The van der Waals surface area contributed by atoms with Crippen LogP contribution in [0.4, 0.5) is 0 Å². The summed E-state index contributed by atoms with van der Waals surface area (Å²) in [6, 6.07) is 5.54. The number of aromatic nitrogens is 2. The Bertz CT molecular complexity index is 537. The zero-order valence-electron chi connectivity index (χ0n) is 10.4. The Labute approximate surface area is 111 Å². The highest BCUT2D eigenvalue weighted by Crippen LogP contribution is 2.27. The fourth-order valence-corrected chi connectivity index (χ4v) is 2.12. The zero-order chi connectivity index (χ0) is 13.1. The maximum absolute atomic E-state index is 6.21. The van der Waals surface area contributed by atoms with E-state index in [0.29, 0.717) is 11.6 Å². The number of imidazole rings is 1. The molecule has 4 nitrogen and oxygen atoms in total. The molecule has 2 N–H and O–H groups in total. The number of nitrogens with zero attached hydrogens (tertiary/aromatic N) is 2. The van der Waals surface area contributed by atoms with Crippen LogP contribution in [0.1, 0.15) is 24.2 Å². The van der Waals surface area contributed by atoms with Crippen molar-refractivity contribution in [3.63, 3.8) is 0 Å². The van der Waals surface area contributed by atoms with Gasteiger partial charge in [-0.25, -0.2) is 4.98 Å². The second-order valence-electron chi connectivity index (χ2n) is 4.16. The molecule has 0 unspecified atom stereocenters. The molecule has 0 spiro atoms. The lowest BCUT2D eigenvalue weighted by atomic mass is 10.2. The van der Waals surface area contributed by atoms with Gasteiger partial charge >= 0.3 is 0 Å². The van der Waals surface area contributed by atoms with Crippen LogP contribution in [0, 0.1) is 0 Å². The van der Waals surface area contributed by atoms with Crippen molar-refractivity contribution in [3.05, 3.63) is 47.0 Å². The summed E-state index contributed by atoms with van der Waals surface area (Å²) in [4.78, 5) is 4.12. The molecule has 1 aromatic heterocycles. The van der Waals surface area contributed by atoms with E-state index < -0.39 is 0 Å². The van der Waals surface area contributed by atoms with Crippen LogP contribution >= 0.6 is 11.6 Å². The molecule has 0 bridgehead atoms. The average Bonchev–Trinajstić information content (AvgIpc) is 2.80. The molecule has 0 aliphatic rings. The molecular weight excluding hydrogens is 250 g/mol. The highest BCUT2D eigenvalue weighted by atomic mass is 35.5. The molecule has 96 valence electrons. The maximum atomic E-state index is 6.21. The number of methoxy groups -OCH3 is 1. The smallest absolute Gasteiger partial charge is 0.125 e. The van der Waals surface area contributed by atoms with Gasteiger partial charge in [0.25, 0.3) is 0 Å². The summed E-state index contributed by atoms with van der Waals surface area (Å²) in [5, 5.41) is 0.679. The lowest BCUT2D eigenvalue weighted by molar-refractivity contribution is 0.408. The minimum Gasteiger partial charge on any atom is -0.496 e. The van der Waals surface area contributed by atoms with E-state index in [2.05, 4.69) is 4.98 Å². The molecule has 1 aromatic carbocycles. The zero-order valence-corrected chi connectivity index (χ0v) is 11.2. The molecule has 2 aromatic rings. The van der Waals surface area contributed by atoms with E-state index in [1.807, 2.05) is 29.7 Å². The number of hydrogen-bond acceptors (Lipinski definition) is 3. The Kier molecular flexibility index (Phi) is 3.89. The lowest BCUT2D eigenvalue weighted by Crippen LogP contribution is -2.13. The van der Waals surface area contributed by atoms with Gasteiger partial charge in [0.1, 0.15) is 5.75 Å². The van der Waals surface area contributed by atoms with Crippen LogP contribution in [0.5, 0.6) is 5.75 Å². The predicted molar refractivity (Wildman–Crippen MR) is 71.9 cm³/mol. The second-order valence-corrected chi connectivity index (χ2v) is 4.56. The van der Waals surface area contributed by atoms with Crippen LogP contribution in [-0.4, -0.2) is 16.7 Å². The SMILES string of the molecule is COc1cccc(Cl)c1Cn1cncc1[C@@H](C)N. The maximum Gasteiger partial charge on any atom is 0.125 e. The number of benzene rings is 1. The van der Waals surface area contributed by atoms with Gasteiger partial charge in [0.05, 0.1) is 25.7 Å². The lowest BCUT2D eigenvalue weighted by Gasteiger charge is -2.14. The molecule has 2 rings (SSSR count). The van der Waals surface area contributed by atoms with E-state index in [0.717, 1.165) is 17.0 Å². The largest absolute Gasteiger partial charge is 0.496 e. The van der Waals surface area contributed by atoms with Gasteiger partial charge in [-0.05, 0) is 19.1 Å². The quantitative estimate of drug-likeness (QED) is 0.925. The van der Waals surface area contributed by atoms with Crippen LogP contribution in [0.25, 0.3) is 0 Å². The number of nitrogens with two attached hydrogens (primary N) is 1. The van der Waals surface area contributed by atoms with Gasteiger partial charge in [0, 0.05) is 22.8 Å². The van der Waals surface area contributed by atoms with Gasteiger partial charge in [0.15, 0.2) is 0 Å². The summed E-state index contributed by atoms with van der Waals surface area (Å²) in [5.41, 5.74) is 7.80. The van der Waals surface area contributed by atoms with Crippen LogP contribution in [0.15, 0.2) is 30.7 Å². The first kappa shape index (κ1) is 12.9. The molecule has 1 heterocycles. The molecule has 0 aliphatic heterocycles. The van der Waals surface area contributed by atoms with Crippen molar-refractivity contribution in [1.29, 1.82) is 0 Å². The van der Waals surface area contributed by atoms with E-state index in [1.54, 1.807) is 19.6 Å².